The van der Waals surface area contributed by atoms with E-state index < -0.39 is 0 Å². The molecule has 16 heavy (non-hydrogen) atoms. The number of pyridine rings is 1. The van der Waals surface area contributed by atoms with E-state index in [1.807, 2.05) is 24.3 Å². The first-order chi connectivity index (χ1) is 7.83. The average molecular weight is 230 g/mol. The van der Waals surface area contributed by atoms with Crippen LogP contribution in [-0.2, 0) is 0 Å². The fourth-order valence-electron chi connectivity index (χ4n) is 1.48. The van der Waals surface area contributed by atoms with Crippen LogP contribution in [0.2, 0.25) is 5.02 Å². The third-order valence-electron chi connectivity index (χ3n) is 2.31. The smallest absolute Gasteiger partial charge is 0.0717 e. The van der Waals surface area contributed by atoms with Crippen LogP contribution in [0.15, 0.2) is 30.5 Å². The minimum absolute atomic E-state index is 0.703. The van der Waals surface area contributed by atoms with Gasteiger partial charge in [0.2, 0.25) is 0 Å². The molecule has 0 saturated carbocycles. The highest BCUT2D eigenvalue weighted by molar-refractivity contribution is 6.36. The van der Waals surface area contributed by atoms with Gasteiger partial charge in [0.05, 0.1) is 16.1 Å². The van der Waals surface area contributed by atoms with Crippen molar-refractivity contribution in [2.24, 2.45) is 0 Å². The first-order valence-electron chi connectivity index (χ1n) is 5.35. The third kappa shape index (κ3) is 2.18. The zero-order valence-corrected chi connectivity index (χ0v) is 9.88. The van der Waals surface area contributed by atoms with Gasteiger partial charge in [-0.1, -0.05) is 48.6 Å². The molecule has 0 atom stereocenters. The standard InChI is InChI=1S/C14H12ClN/c1-2-3-4-7-11-10-16-13-9-6-5-8-12(13)14(11)15/h5-6,8-10H,2-3H2,1H3. The Balaban J connectivity index is 2.49. The number of para-hydroxylation sites is 1. The maximum atomic E-state index is 6.28. The van der Waals surface area contributed by atoms with Crippen LogP contribution in [0, 0.1) is 11.8 Å². The molecule has 0 amide bonds. The number of halogens is 1. The number of nitrogens with zero attached hydrogens (tertiary/aromatic N) is 1. The predicted octanol–water partition coefficient (Wildman–Crippen LogP) is 4.04. The summed E-state index contributed by atoms with van der Waals surface area (Å²) < 4.78 is 0. The third-order valence-corrected chi connectivity index (χ3v) is 2.71. The van der Waals surface area contributed by atoms with Crippen molar-refractivity contribution < 1.29 is 0 Å². The Bertz CT molecular complexity index is 564. The Morgan fingerprint density at radius 3 is 2.94 bits per heavy atom. The molecule has 0 aliphatic heterocycles. The van der Waals surface area contributed by atoms with E-state index in [-0.39, 0.29) is 0 Å². The second-order valence-corrected chi connectivity index (χ2v) is 3.93. The van der Waals surface area contributed by atoms with Gasteiger partial charge in [-0.2, -0.15) is 0 Å². The average Bonchev–Trinajstić information content (AvgIpc) is 2.33. The lowest BCUT2D eigenvalue weighted by atomic mass is 10.1. The predicted molar refractivity (Wildman–Crippen MR) is 68.5 cm³/mol. The molecule has 2 rings (SSSR count). The highest BCUT2D eigenvalue weighted by Gasteiger charge is 2.03. The fraction of sp³-hybridized carbons (Fsp3) is 0.214. The number of aromatic nitrogens is 1. The summed E-state index contributed by atoms with van der Waals surface area (Å²) in [5.74, 6) is 6.14. The first-order valence-corrected chi connectivity index (χ1v) is 5.73. The van der Waals surface area contributed by atoms with Crippen LogP contribution in [0.5, 0.6) is 0 Å². The van der Waals surface area contributed by atoms with E-state index in [0.29, 0.717) is 5.02 Å². The van der Waals surface area contributed by atoms with E-state index in [4.69, 9.17) is 11.6 Å². The lowest BCUT2D eigenvalue weighted by Gasteiger charge is -2.01. The Labute approximate surface area is 100 Å². The number of hydrogen-bond donors (Lipinski definition) is 0. The van der Waals surface area contributed by atoms with Crippen molar-refractivity contribution in [1.82, 2.24) is 4.98 Å². The number of rotatable bonds is 1. The molecule has 0 fully saturated rings. The van der Waals surface area contributed by atoms with Gasteiger partial charge in [-0.25, -0.2) is 0 Å². The van der Waals surface area contributed by atoms with Gasteiger partial charge >= 0.3 is 0 Å². The molecule has 2 heteroatoms. The molecule has 0 aliphatic carbocycles. The van der Waals surface area contributed by atoms with Crippen molar-refractivity contribution >= 4 is 22.5 Å². The summed E-state index contributed by atoms with van der Waals surface area (Å²) >= 11 is 6.28. The van der Waals surface area contributed by atoms with Crippen molar-refractivity contribution in [2.75, 3.05) is 0 Å². The highest BCUT2D eigenvalue weighted by atomic mass is 35.5. The van der Waals surface area contributed by atoms with E-state index in [1.165, 1.54) is 0 Å². The summed E-state index contributed by atoms with van der Waals surface area (Å²) in [6, 6.07) is 7.83. The second kappa shape index (κ2) is 5.01. The SMILES string of the molecule is CCCC#Cc1cnc2ccccc2c1Cl. The summed E-state index contributed by atoms with van der Waals surface area (Å²) in [7, 11) is 0. The van der Waals surface area contributed by atoms with Crippen molar-refractivity contribution in [3.05, 3.63) is 41.0 Å². The highest BCUT2D eigenvalue weighted by Crippen LogP contribution is 2.24. The summed E-state index contributed by atoms with van der Waals surface area (Å²) in [5, 5.41) is 1.67. The van der Waals surface area contributed by atoms with E-state index in [2.05, 4.69) is 23.7 Å². The molecule has 1 aromatic carbocycles. The zero-order chi connectivity index (χ0) is 11.4. The Morgan fingerprint density at radius 2 is 2.12 bits per heavy atom. The second-order valence-electron chi connectivity index (χ2n) is 3.55. The summed E-state index contributed by atoms with van der Waals surface area (Å²) in [6.45, 7) is 2.11. The first kappa shape index (κ1) is 11.0. The lowest BCUT2D eigenvalue weighted by molar-refractivity contribution is 0.983. The maximum absolute atomic E-state index is 6.28. The zero-order valence-electron chi connectivity index (χ0n) is 9.13. The lowest BCUT2D eigenvalue weighted by Crippen LogP contribution is -1.84. The quantitative estimate of drug-likeness (QED) is 0.673. The van der Waals surface area contributed by atoms with Gasteiger partial charge in [-0.05, 0) is 12.5 Å². The molecule has 0 N–H and O–H groups in total. The minimum Gasteiger partial charge on any atom is -0.255 e. The van der Waals surface area contributed by atoms with Gasteiger partial charge in [0.25, 0.3) is 0 Å². The normalized spacial score (nSPS) is 9.88. The Morgan fingerprint density at radius 1 is 1.31 bits per heavy atom. The van der Waals surface area contributed by atoms with E-state index >= 15 is 0 Å². The van der Waals surface area contributed by atoms with Crippen molar-refractivity contribution in [1.29, 1.82) is 0 Å². The molecule has 0 unspecified atom stereocenters. The topological polar surface area (TPSA) is 12.9 Å². The summed E-state index contributed by atoms with van der Waals surface area (Å²) in [6.07, 6.45) is 3.70. The Hall–Kier alpha value is -1.52. The van der Waals surface area contributed by atoms with Crippen LogP contribution in [0.25, 0.3) is 10.9 Å². The van der Waals surface area contributed by atoms with Gasteiger partial charge in [0, 0.05) is 18.0 Å². The van der Waals surface area contributed by atoms with Crippen LogP contribution in [0.4, 0.5) is 0 Å². The van der Waals surface area contributed by atoms with Crippen molar-refractivity contribution in [2.45, 2.75) is 19.8 Å². The largest absolute Gasteiger partial charge is 0.255 e. The van der Waals surface area contributed by atoms with E-state index in [0.717, 1.165) is 29.3 Å². The fourth-order valence-corrected chi connectivity index (χ4v) is 1.73. The van der Waals surface area contributed by atoms with E-state index in [9.17, 15) is 0 Å². The van der Waals surface area contributed by atoms with Crippen LogP contribution in [0.3, 0.4) is 0 Å². The number of unbranched alkanes of at least 4 members (excludes halogenated alkanes) is 1. The molecule has 0 spiro atoms. The van der Waals surface area contributed by atoms with Gasteiger partial charge < -0.3 is 0 Å². The van der Waals surface area contributed by atoms with Gasteiger partial charge in [-0.3, -0.25) is 4.98 Å². The molecule has 1 aromatic heterocycles. The van der Waals surface area contributed by atoms with Crippen LogP contribution in [0.1, 0.15) is 25.3 Å². The molecular formula is C14H12ClN. The Kier molecular flexibility index (Phi) is 3.44. The summed E-state index contributed by atoms with van der Waals surface area (Å²) in [4.78, 5) is 4.33. The molecule has 1 nitrogen and oxygen atoms in total. The van der Waals surface area contributed by atoms with Gasteiger partial charge in [0.1, 0.15) is 0 Å². The molecule has 2 aromatic rings. The maximum Gasteiger partial charge on any atom is 0.0717 e. The molecule has 80 valence electrons. The van der Waals surface area contributed by atoms with Crippen LogP contribution >= 0.6 is 11.6 Å². The van der Waals surface area contributed by atoms with Crippen LogP contribution in [-0.4, -0.2) is 4.98 Å². The van der Waals surface area contributed by atoms with Crippen LogP contribution < -0.4 is 0 Å². The minimum atomic E-state index is 0.703. The molecular weight excluding hydrogens is 218 g/mol. The number of benzene rings is 1. The summed E-state index contributed by atoms with van der Waals surface area (Å²) in [5.41, 5.74) is 1.72. The van der Waals surface area contributed by atoms with E-state index in [1.54, 1.807) is 6.20 Å². The molecule has 0 bridgehead atoms. The van der Waals surface area contributed by atoms with Crippen molar-refractivity contribution in [3.63, 3.8) is 0 Å². The molecule has 0 radical (unpaired) electrons. The van der Waals surface area contributed by atoms with Gasteiger partial charge in [-0.15, -0.1) is 0 Å². The molecule has 0 saturated heterocycles. The number of fused-ring (bicyclic) bond motifs is 1. The molecule has 1 heterocycles. The van der Waals surface area contributed by atoms with Gasteiger partial charge in [0.15, 0.2) is 0 Å². The molecule has 0 aliphatic rings. The van der Waals surface area contributed by atoms with Crippen molar-refractivity contribution in [3.8, 4) is 11.8 Å². The monoisotopic (exact) mass is 229 g/mol. The number of hydrogen-bond acceptors (Lipinski definition) is 1.